The SMILES string of the molecule is CC(C)(C)C(C)(O)C#CCN1CC2CC(C1)c1cccc(=O)n1C2. The van der Waals surface area contributed by atoms with Crippen LogP contribution >= 0.6 is 0 Å². The Hall–Kier alpha value is -1.57. The van der Waals surface area contributed by atoms with Crippen LogP contribution < -0.4 is 5.56 Å². The van der Waals surface area contributed by atoms with Crippen molar-refractivity contribution >= 4 is 0 Å². The summed E-state index contributed by atoms with van der Waals surface area (Å²) in [6.07, 6.45) is 1.16. The van der Waals surface area contributed by atoms with Crippen LogP contribution in [0, 0.1) is 23.2 Å². The maximum atomic E-state index is 12.1. The number of hydrogen-bond donors (Lipinski definition) is 1. The predicted molar refractivity (Wildman–Crippen MR) is 95.8 cm³/mol. The van der Waals surface area contributed by atoms with Gasteiger partial charge in [-0.25, -0.2) is 0 Å². The van der Waals surface area contributed by atoms with E-state index in [0.29, 0.717) is 18.4 Å². The summed E-state index contributed by atoms with van der Waals surface area (Å²) in [5.41, 5.74) is 0.0339. The molecule has 4 nitrogen and oxygen atoms in total. The first-order valence-electron chi connectivity index (χ1n) is 8.82. The molecule has 24 heavy (non-hydrogen) atoms. The summed E-state index contributed by atoms with van der Waals surface area (Å²) in [7, 11) is 0. The molecule has 2 aliphatic rings. The minimum atomic E-state index is -0.988. The second-order valence-electron chi connectivity index (χ2n) is 8.52. The molecule has 0 aromatic carbocycles. The van der Waals surface area contributed by atoms with E-state index in [-0.39, 0.29) is 11.0 Å². The van der Waals surface area contributed by atoms with Crippen LogP contribution in [0.4, 0.5) is 0 Å². The quantitative estimate of drug-likeness (QED) is 0.803. The number of likely N-dealkylation sites (tertiary alicyclic amines) is 1. The molecule has 0 aliphatic carbocycles. The highest BCUT2D eigenvalue weighted by Gasteiger charge is 2.35. The summed E-state index contributed by atoms with van der Waals surface area (Å²) in [6.45, 7) is 11.2. The molecule has 1 N–H and O–H groups in total. The largest absolute Gasteiger partial charge is 0.377 e. The molecule has 1 saturated heterocycles. The molecule has 3 atom stereocenters. The molecule has 1 aromatic heterocycles. The number of hydrogen-bond acceptors (Lipinski definition) is 3. The number of fused-ring (bicyclic) bond motifs is 4. The van der Waals surface area contributed by atoms with Crippen molar-refractivity contribution in [3.63, 3.8) is 0 Å². The average Bonchev–Trinajstić information content (AvgIpc) is 2.47. The Bertz CT molecular complexity index is 730. The molecule has 3 heterocycles. The number of aromatic nitrogens is 1. The van der Waals surface area contributed by atoms with E-state index in [2.05, 4.69) is 22.8 Å². The normalized spacial score (nSPS) is 26.0. The van der Waals surface area contributed by atoms with Crippen LogP contribution in [0.3, 0.4) is 0 Å². The molecule has 1 aromatic rings. The Kier molecular flexibility index (Phi) is 4.36. The van der Waals surface area contributed by atoms with Gasteiger partial charge in [0.2, 0.25) is 0 Å². The first-order valence-corrected chi connectivity index (χ1v) is 8.82. The molecule has 0 amide bonds. The van der Waals surface area contributed by atoms with Gasteiger partial charge in [0.25, 0.3) is 5.56 Å². The first kappa shape index (κ1) is 17.3. The molecule has 1 fully saturated rings. The molecule has 4 heteroatoms. The van der Waals surface area contributed by atoms with Crippen LogP contribution in [0.5, 0.6) is 0 Å². The lowest BCUT2D eigenvalue weighted by atomic mass is 9.78. The van der Waals surface area contributed by atoms with Gasteiger partial charge < -0.3 is 9.67 Å². The fourth-order valence-electron chi connectivity index (χ4n) is 3.64. The van der Waals surface area contributed by atoms with Gasteiger partial charge in [-0.3, -0.25) is 9.69 Å². The van der Waals surface area contributed by atoms with Crippen LogP contribution in [0.25, 0.3) is 0 Å². The molecule has 0 radical (unpaired) electrons. The molecule has 2 aliphatic heterocycles. The number of aliphatic hydroxyl groups is 1. The van der Waals surface area contributed by atoms with E-state index < -0.39 is 5.60 Å². The molecular formula is C20H28N2O2. The average molecular weight is 328 g/mol. The topological polar surface area (TPSA) is 45.5 Å². The van der Waals surface area contributed by atoms with Gasteiger partial charge in [0.15, 0.2) is 0 Å². The van der Waals surface area contributed by atoms with Crippen LogP contribution in [-0.4, -0.2) is 39.8 Å². The molecule has 3 unspecified atom stereocenters. The van der Waals surface area contributed by atoms with Gasteiger partial charge in [-0.1, -0.05) is 38.7 Å². The second-order valence-corrected chi connectivity index (χ2v) is 8.52. The van der Waals surface area contributed by atoms with Crippen molar-refractivity contribution in [1.29, 1.82) is 0 Å². The zero-order chi connectivity index (χ0) is 17.5. The van der Waals surface area contributed by atoms with Crippen molar-refractivity contribution in [2.24, 2.45) is 11.3 Å². The monoisotopic (exact) mass is 328 g/mol. The fraction of sp³-hybridized carbons (Fsp3) is 0.650. The summed E-state index contributed by atoms with van der Waals surface area (Å²) in [5, 5.41) is 10.5. The van der Waals surface area contributed by atoms with E-state index in [1.165, 1.54) is 0 Å². The van der Waals surface area contributed by atoms with Crippen molar-refractivity contribution in [3.8, 4) is 11.8 Å². The Labute approximate surface area is 144 Å². The Morgan fingerprint density at radius 3 is 2.67 bits per heavy atom. The lowest BCUT2D eigenvalue weighted by molar-refractivity contribution is 0.0127. The highest BCUT2D eigenvalue weighted by atomic mass is 16.3. The van der Waals surface area contributed by atoms with Gasteiger partial charge in [0.05, 0.1) is 6.54 Å². The highest BCUT2D eigenvalue weighted by molar-refractivity contribution is 5.19. The van der Waals surface area contributed by atoms with Gasteiger partial charge in [-0.05, 0) is 25.3 Å². The Balaban J connectivity index is 1.72. The number of pyridine rings is 1. The van der Waals surface area contributed by atoms with Crippen LogP contribution in [0.1, 0.15) is 45.7 Å². The highest BCUT2D eigenvalue weighted by Crippen LogP contribution is 2.34. The molecular weight excluding hydrogens is 300 g/mol. The summed E-state index contributed by atoms with van der Waals surface area (Å²) in [4.78, 5) is 14.4. The van der Waals surface area contributed by atoms with E-state index in [4.69, 9.17) is 0 Å². The van der Waals surface area contributed by atoms with Crippen molar-refractivity contribution in [2.75, 3.05) is 19.6 Å². The maximum Gasteiger partial charge on any atom is 0.250 e. The maximum absolute atomic E-state index is 12.1. The number of rotatable bonds is 1. The van der Waals surface area contributed by atoms with E-state index in [1.54, 1.807) is 13.0 Å². The summed E-state index contributed by atoms with van der Waals surface area (Å²) < 4.78 is 1.95. The summed E-state index contributed by atoms with van der Waals surface area (Å²) in [5.74, 6) is 7.16. The predicted octanol–water partition coefficient (Wildman–Crippen LogP) is 2.07. The Morgan fingerprint density at radius 1 is 1.21 bits per heavy atom. The number of piperidine rings is 1. The van der Waals surface area contributed by atoms with Gasteiger partial charge >= 0.3 is 0 Å². The molecule has 3 rings (SSSR count). The van der Waals surface area contributed by atoms with Crippen LogP contribution in [0.2, 0.25) is 0 Å². The molecule has 2 bridgehead atoms. The van der Waals surface area contributed by atoms with Crippen molar-refractivity contribution in [1.82, 2.24) is 9.47 Å². The first-order chi connectivity index (χ1) is 11.2. The standard InChI is InChI=1S/C20H28N2O2/c1-19(2,3)20(4,24)9-6-10-21-12-15-11-16(14-21)17-7-5-8-18(23)22(17)13-15/h5,7-8,15-16,24H,10-14H2,1-4H3. The smallest absolute Gasteiger partial charge is 0.250 e. The Morgan fingerprint density at radius 2 is 1.96 bits per heavy atom. The van der Waals surface area contributed by atoms with E-state index >= 15 is 0 Å². The van der Waals surface area contributed by atoms with Crippen molar-refractivity contribution in [3.05, 3.63) is 34.2 Å². The molecule has 130 valence electrons. The molecule has 0 spiro atoms. The van der Waals surface area contributed by atoms with Gasteiger partial charge in [0.1, 0.15) is 5.60 Å². The van der Waals surface area contributed by atoms with Gasteiger partial charge in [-0.2, -0.15) is 0 Å². The molecule has 0 saturated carbocycles. The van der Waals surface area contributed by atoms with Crippen molar-refractivity contribution in [2.45, 2.75) is 52.2 Å². The summed E-state index contributed by atoms with van der Waals surface area (Å²) in [6, 6.07) is 5.61. The minimum Gasteiger partial charge on any atom is -0.377 e. The van der Waals surface area contributed by atoms with Crippen LogP contribution in [0.15, 0.2) is 23.0 Å². The zero-order valence-corrected chi connectivity index (χ0v) is 15.2. The fourth-order valence-corrected chi connectivity index (χ4v) is 3.64. The lowest BCUT2D eigenvalue weighted by Crippen LogP contribution is -2.47. The van der Waals surface area contributed by atoms with E-state index in [1.807, 2.05) is 31.4 Å². The van der Waals surface area contributed by atoms with E-state index in [9.17, 15) is 9.90 Å². The number of nitrogens with zero attached hydrogens (tertiary/aromatic N) is 2. The zero-order valence-electron chi connectivity index (χ0n) is 15.2. The third-order valence-corrected chi connectivity index (χ3v) is 5.65. The minimum absolute atomic E-state index is 0.122. The van der Waals surface area contributed by atoms with Gasteiger partial charge in [-0.15, -0.1) is 0 Å². The van der Waals surface area contributed by atoms with E-state index in [0.717, 1.165) is 31.7 Å². The van der Waals surface area contributed by atoms with Gasteiger partial charge in [0, 0.05) is 42.7 Å². The lowest BCUT2D eigenvalue weighted by Gasteiger charge is -2.42. The van der Waals surface area contributed by atoms with Crippen LogP contribution in [-0.2, 0) is 6.54 Å². The summed E-state index contributed by atoms with van der Waals surface area (Å²) >= 11 is 0. The second kappa shape index (κ2) is 6.06. The third kappa shape index (κ3) is 3.29. The third-order valence-electron chi connectivity index (χ3n) is 5.65. The van der Waals surface area contributed by atoms with Crippen molar-refractivity contribution < 1.29 is 5.11 Å².